The SMILES string of the molecule is Cc1ccc(-c2nc(CCNC(=O)Nc3ccccc3SC(F)F)co2)cc1. The van der Waals surface area contributed by atoms with E-state index >= 15 is 0 Å². The number of thioether (sulfide) groups is 1. The van der Waals surface area contributed by atoms with Crippen LogP contribution in [0.15, 0.2) is 64.1 Å². The van der Waals surface area contributed by atoms with E-state index in [1.165, 1.54) is 6.07 Å². The molecule has 1 aromatic heterocycles. The Kier molecular flexibility index (Phi) is 6.65. The van der Waals surface area contributed by atoms with Crippen molar-refractivity contribution in [1.82, 2.24) is 10.3 Å². The van der Waals surface area contributed by atoms with Gasteiger partial charge in [-0.25, -0.2) is 9.78 Å². The summed E-state index contributed by atoms with van der Waals surface area (Å²) in [5.74, 6) is -2.03. The quantitative estimate of drug-likeness (QED) is 0.524. The molecule has 0 fully saturated rings. The number of hydrogen-bond donors (Lipinski definition) is 2. The molecular formula is C20H19F2N3O2S. The van der Waals surface area contributed by atoms with Crippen molar-refractivity contribution in [2.75, 3.05) is 11.9 Å². The predicted octanol–water partition coefficient (Wildman–Crippen LogP) is 5.33. The molecule has 0 aliphatic carbocycles. The van der Waals surface area contributed by atoms with Gasteiger partial charge in [0.25, 0.3) is 5.76 Å². The van der Waals surface area contributed by atoms with E-state index in [9.17, 15) is 13.6 Å². The lowest BCUT2D eigenvalue weighted by Gasteiger charge is -2.11. The number of carbonyl (C=O) groups excluding carboxylic acids is 1. The van der Waals surface area contributed by atoms with Crippen LogP contribution in [0.25, 0.3) is 11.5 Å². The monoisotopic (exact) mass is 403 g/mol. The fourth-order valence-corrected chi connectivity index (χ4v) is 3.08. The second-order valence-electron chi connectivity index (χ2n) is 6.02. The summed E-state index contributed by atoms with van der Waals surface area (Å²) in [4.78, 5) is 16.8. The summed E-state index contributed by atoms with van der Waals surface area (Å²) < 4.78 is 30.7. The Morgan fingerprint density at radius 2 is 1.93 bits per heavy atom. The number of para-hydroxylation sites is 1. The highest BCUT2D eigenvalue weighted by Gasteiger charge is 2.12. The zero-order valence-electron chi connectivity index (χ0n) is 15.1. The van der Waals surface area contributed by atoms with Gasteiger partial charge >= 0.3 is 6.03 Å². The van der Waals surface area contributed by atoms with E-state index in [2.05, 4.69) is 15.6 Å². The highest BCUT2D eigenvalue weighted by molar-refractivity contribution is 7.99. The zero-order valence-corrected chi connectivity index (χ0v) is 15.9. The zero-order chi connectivity index (χ0) is 19.9. The van der Waals surface area contributed by atoms with Crippen LogP contribution in [0, 0.1) is 6.92 Å². The first kappa shape index (κ1) is 19.9. The van der Waals surface area contributed by atoms with Gasteiger partial charge in [0.2, 0.25) is 5.89 Å². The van der Waals surface area contributed by atoms with Crippen LogP contribution in [-0.4, -0.2) is 23.3 Å². The molecule has 2 amide bonds. The van der Waals surface area contributed by atoms with Crippen LogP contribution in [-0.2, 0) is 6.42 Å². The number of anilines is 1. The molecule has 0 aliphatic heterocycles. The lowest BCUT2D eigenvalue weighted by Crippen LogP contribution is -2.30. The van der Waals surface area contributed by atoms with Crippen LogP contribution in [0.4, 0.5) is 19.3 Å². The highest BCUT2D eigenvalue weighted by atomic mass is 32.2. The number of amides is 2. The molecule has 0 bridgehead atoms. The first-order valence-corrected chi connectivity index (χ1v) is 9.49. The fourth-order valence-electron chi connectivity index (χ4n) is 2.49. The van der Waals surface area contributed by atoms with E-state index in [1.807, 2.05) is 31.2 Å². The molecule has 146 valence electrons. The van der Waals surface area contributed by atoms with Gasteiger partial charge in [0.15, 0.2) is 0 Å². The van der Waals surface area contributed by atoms with Gasteiger partial charge < -0.3 is 15.1 Å². The van der Waals surface area contributed by atoms with Gasteiger partial charge in [-0.15, -0.1) is 0 Å². The van der Waals surface area contributed by atoms with E-state index in [0.717, 1.165) is 11.1 Å². The van der Waals surface area contributed by atoms with Crippen LogP contribution in [0.1, 0.15) is 11.3 Å². The number of hydrogen-bond acceptors (Lipinski definition) is 4. The number of aryl methyl sites for hydroxylation is 1. The Morgan fingerprint density at radius 1 is 1.18 bits per heavy atom. The summed E-state index contributed by atoms with van der Waals surface area (Å²) >= 11 is 0.391. The molecule has 0 saturated carbocycles. The second kappa shape index (κ2) is 9.36. The minimum Gasteiger partial charge on any atom is -0.444 e. The topological polar surface area (TPSA) is 67.2 Å². The van der Waals surface area contributed by atoms with E-state index in [4.69, 9.17) is 4.42 Å². The molecule has 3 aromatic rings. The molecule has 0 aliphatic rings. The lowest BCUT2D eigenvalue weighted by atomic mass is 10.1. The van der Waals surface area contributed by atoms with Gasteiger partial charge in [-0.3, -0.25) is 0 Å². The molecule has 28 heavy (non-hydrogen) atoms. The van der Waals surface area contributed by atoms with E-state index in [1.54, 1.807) is 24.5 Å². The average molecular weight is 403 g/mol. The first-order valence-electron chi connectivity index (χ1n) is 8.61. The van der Waals surface area contributed by atoms with Gasteiger partial charge in [-0.05, 0) is 31.2 Å². The smallest absolute Gasteiger partial charge is 0.319 e. The maximum absolute atomic E-state index is 12.6. The fraction of sp³-hybridized carbons (Fsp3) is 0.200. The largest absolute Gasteiger partial charge is 0.444 e. The average Bonchev–Trinajstić information content (AvgIpc) is 3.12. The van der Waals surface area contributed by atoms with Crippen molar-refractivity contribution >= 4 is 23.5 Å². The van der Waals surface area contributed by atoms with Crippen LogP contribution >= 0.6 is 11.8 Å². The predicted molar refractivity (Wildman–Crippen MR) is 106 cm³/mol. The van der Waals surface area contributed by atoms with E-state index in [-0.39, 0.29) is 0 Å². The summed E-state index contributed by atoms with van der Waals surface area (Å²) in [5, 5.41) is 5.28. The maximum Gasteiger partial charge on any atom is 0.319 e. The summed E-state index contributed by atoms with van der Waals surface area (Å²) in [7, 11) is 0. The van der Waals surface area contributed by atoms with Crippen molar-refractivity contribution in [3.63, 3.8) is 0 Å². The molecule has 0 unspecified atom stereocenters. The number of oxazole rings is 1. The Labute approximate surface area is 165 Å². The first-order chi connectivity index (χ1) is 13.5. The molecule has 2 N–H and O–H groups in total. The Balaban J connectivity index is 1.50. The van der Waals surface area contributed by atoms with E-state index in [0.29, 0.717) is 46.9 Å². The normalized spacial score (nSPS) is 10.9. The van der Waals surface area contributed by atoms with E-state index < -0.39 is 11.8 Å². The van der Waals surface area contributed by atoms with Crippen LogP contribution in [0.2, 0.25) is 0 Å². The minimum absolute atomic E-state index is 0.312. The van der Waals surface area contributed by atoms with Crippen LogP contribution in [0.5, 0.6) is 0 Å². The number of nitrogens with one attached hydrogen (secondary N) is 2. The van der Waals surface area contributed by atoms with Crippen LogP contribution in [0.3, 0.4) is 0 Å². The molecular weight excluding hydrogens is 384 g/mol. The third kappa shape index (κ3) is 5.56. The highest BCUT2D eigenvalue weighted by Crippen LogP contribution is 2.31. The molecule has 2 aromatic carbocycles. The Hall–Kier alpha value is -2.87. The van der Waals surface area contributed by atoms with Gasteiger partial charge in [0, 0.05) is 23.4 Å². The van der Waals surface area contributed by atoms with Crippen molar-refractivity contribution in [2.24, 2.45) is 0 Å². The molecule has 0 spiro atoms. The molecule has 0 radical (unpaired) electrons. The molecule has 3 rings (SSSR count). The van der Waals surface area contributed by atoms with Crippen LogP contribution < -0.4 is 10.6 Å². The minimum atomic E-state index is -2.55. The molecule has 0 atom stereocenters. The summed E-state index contributed by atoms with van der Waals surface area (Å²) in [6.07, 6.45) is 2.04. The van der Waals surface area contributed by atoms with Crippen molar-refractivity contribution in [1.29, 1.82) is 0 Å². The van der Waals surface area contributed by atoms with Crippen molar-refractivity contribution < 1.29 is 18.0 Å². The number of halogens is 2. The number of nitrogens with zero attached hydrogens (tertiary/aromatic N) is 1. The van der Waals surface area contributed by atoms with Gasteiger partial charge in [-0.1, -0.05) is 41.6 Å². The number of rotatable bonds is 7. The van der Waals surface area contributed by atoms with Gasteiger partial charge in [-0.2, -0.15) is 8.78 Å². The number of carbonyl (C=O) groups is 1. The van der Waals surface area contributed by atoms with Crippen molar-refractivity contribution in [3.05, 3.63) is 66.1 Å². The molecule has 8 heteroatoms. The van der Waals surface area contributed by atoms with Gasteiger partial charge in [0.05, 0.1) is 11.4 Å². The summed E-state index contributed by atoms with van der Waals surface area (Å²) in [6, 6.07) is 13.8. The molecule has 0 saturated heterocycles. The number of urea groups is 1. The molecule has 5 nitrogen and oxygen atoms in total. The maximum atomic E-state index is 12.6. The third-order valence-electron chi connectivity index (χ3n) is 3.87. The third-order valence-corrected chi connectivity index (χ3v) is 4.66. The Bertz CT molecular complexity index is 929. The summed E-state index contributed by atoms with van der Waals surface area (Å²) in [6.45, 7) is 2.34. The number of aromatic nitrogens is 1. The van der Waals surface area contributed by atoms with Crippen molar-refractivity contribution in [3.8, 4) is 11.5 Å². The lowest BCUT2D eigenvalue weighted by molar-refractivity contribution is 0.251. The molecule has 1 heterocycles. The number of benzene rings is 2. The standard InChI is InChI=1S/C20H19F2N3O2S/c1-13-6-8-14(9-7-13)18-24-15(12-27-18)10-11-23-20(26)25-16-4-2-3-5-17(16)28-19(21)22/h2-9,12,19H,10-11H2,1H3,(H2,23,25,26). The van der Waals surface area contributed by atoms with Crippen molar-refractivity contribution in [2.45, 2.75) is 24.0 Å². The second-order valence-corrected chi connectivity index (χ2v) is 7.05. The summed E-state index contributed by atoms with van der Waals surface area (Å²) in [5.41, 5.74) is 3.09. The number of alkyl halides is 2. The van der Waals surface area contributed by atoms with Gasteiger partial charge in [0.1, 0.15) is 6.26 Å². The Morgan fingerprint density at radius 3 is 2.68 bits per heavy atom.